The van der Waals surface area contributed by atoms with Crippen LogP contribution in [0, 0.1) is 5.41 Å². The molecule has 1 N–H and O–H groups in total. The molecule has 1 unspecified atom stereocenters. The molecule has 1 aromatic rings. The number of nitrogens with zero attached hydrogens (tertiary/aromatic N) is 1. The molecule has 1 atom stereocenters. The van der Waals surface area contributed by atoms with Gasteiger partial charge in [0.15, 0.2) is 0 Å². The second kappa shape index (κ2) is 7.18. The fourth-order valence-electron chi connectivity index (χ4n) is 4.92. The monoisotopic (exact) mass is 392 g/mol. The Morgan fingerprint density at radius 1 is 1.22 bits per heavy atom. The molecule has 1 saturated carbocycles. The van der Waals surface area contributed by atoms with E-state index >= 15 is 0 Å². The number of amides is 1. The van der Waals surface area contributed by atoms with Crippen molar-refractivity contribution in [2.45, 2.75) is 55.9 Å². The minimum atomic E-state index is -3.44. The molecular weight excluding hydrogens is 364 g/mol. The Morgan fingerprint density at radius 3 is 2.63 bits per heavy atom. The predicted octanol–water partition coefficient (Wildman–Crippen LogP) is 1.87. The summed E-state index contributed by atoms with van der Waals surface area (Å²) in [6.45, 7) is 1.12. The van der Waals surface area contributed by atoms with E-state index in [1.165, 1.54) is 18.2 Å². The molecule has 1 amide bonds. The molecule has 1 saturated heterocycles. The van der Waals surface area contributed by atoms with Crippen molar-refractivity contribution in [3.63, 3.8) is 0 Å². The molecular formula is C20H28N2O4S. The van der Waals surface area contributed by atoms with Gasteiger partial charge in [0.2, 0.25) is 15.9 Å². The number of benzene rings is 1. The number of carbonyl (C=O) groups excluding carboxylic acids is 1. The van der Waals surface area contributed by atoms with E-state index in [-0.39, 0.29) is 24.0 Å². The first-order chi connectivity index (χ1) is 12.9. The fraction of sp³-hybridized carbons (Fsp3) is 0.650. The molecule has 3 aliphatic rings. The van der Waals surface area contributed by atoms with Gasteiger partial charge in [0.05, 0.1) is 4.90 Å². The molecule has 1 heterocycles. The van der Waals surface area contributed by atoms with Gasteiger partial charge in [0.25, 0.3) is 0 Å². The van der Waals surface area contributed by atoms with Crippen molar-refractivity contribution in [1.82, 2.24) is 9.62 Å². The van der Waals surface area contributed by atoms with Crippen molar-refractivity contribution in [2.24, 2.45) is 5.41 Å². The Balaban J connectivity index is 1.42. The Morgan fingerprint density at radius 2 is 1.96 bits per heavy atom. The number of piperidine rings is 1. The van der Waals surface area contributed by atoms with E-state index in [1.807, 2.05) is 12.1 Å². The first-order valence-corrected chi connectivity index (χ1v) is 11.3. The highest BCUT2D eigenvalue weighted by Crippen LogP contribution is 2.49. The minimum absolute atomic E-state index is 0.0490. The summed E-state index contributed by atoms with van der Waals surface area (Å²) in [5, 5.41) is 3.06. The third kappa shape index (κ3) is 3.41. The number of sulfonamides is 1. The standard InChI is InChI=1S/C20H28N2O4S/c1-26-14-19(23)21-18-7-8-20(18)9-11-22(12-10-20)27(24,25)17-6-5-15-3-2-4-16(15)13-17/h5-6,13,18H,2-4,7-12,14H2,1H3,(H,21,23). The molecule has 0 aromatic heterocycles. The number of hydrogen-bond donors (Lipinski definition) is 1. The van der Waals surface area contributed by atoms with Crippen molar-refractivity contribution >= 4 is 15.9 Å². The normalized spacial score (nSPS) is 24.4. The SMILES string of the molecule is COCC(=O)NC1CCC12CCN(S(=O)(=O)c1ccc3c(c1)CCC3)CC2. The quantitative estimate of drug-likeness (QED) is 0.830. The van der Waals surface area contributed by atoms with E-state index < -0.39 is 10.0 Å². The Kier molecular flexibility index (Phi) is 5.03. The molecule has 1 aliphatic heterocycles. The molecule has 7 heteroatoms. The van der Waals surface area contributed by atoms with E-state index in [9.17, 15) is 13.2 Å². The summed E-state index contributed by atoms with van der Waals surface area (Å²) >= 11 is 0. The Bertz CT molecular complexity index is 828. The van der Waals surface area contributed by atoms with Crippen molar-refractivity contribution in [2.75, 3.05) is 26.8 Å². The van der Waals surface area contributed by atoms with Gasteiger partial charge in [-0.15, -0.1) is 0 Å². The van der Waals surface area contributed by atoms with Crippen LogP contribution >= 0.6 is 0 Å². The summed E-state index contributed by atoms with van der Waals surface area (Å²) < 4.78 is 32.7. The van der Waals surface area contributed by atoms with Crippen LogP contribution in [0.1, 0.15) is 43.2 Å². The number of rotatable bonds is 5. The zero-order valence-electron chi connectivity index (χ0n) is 15.9. The third-order valence-corrected chi connectivity index (χ3v) is 8.60. The maximum atomic E-state index is 13.1. The third-order valence-electron chi connectivity index (χ3n) is 6.71. The summed E-state index contributed by atoms with van der Waals surface area (Å²) in [5.74, 6) is -0.0882. The van der Waals surface area contributed by atoms with Gasteiger partial charge >= 0.3 is 0 Å². The minimum Gasteiger partial charge on any atom is -0.375 e. The summed E-state index contributed by atoms with van der Waals surface area (Å²) in [5.41, 5.74) is 2.52. The summed E-state index contributed by atoms with van der Waals surface area (Å²) in [6, 6.07) is 5.76. The zero-order valence-corrected chi connectivity index (χ0v) is 16.7. The second-order valence-corrected chi connectivity index (χ2v) is 10.1. The molecule has 0 radical (unpaired) electrons. The average Bonchev–Trinajstić information content (AvgIpc) is 3.13. The van der Waals surface area contributed by atoms with Crippen LogP contribution in [0.2, 0.25) is 0 Å². The molecule has 0 bridgehead atoms. The van der Waals surface area contributed by atoms with Gasteiger partial charge in [-0.1, -0.05) is 6.07 Å². The number of ether oxygens (including phenoxy) is 1. The molecule has 6 nitrogen and oxygen atoms in total. The van der Waals surface area contributed by atoms with Crippen LogP contribution in [0.15, 0.2) is 23.1 Å². The number of nitrogens with one attached hydrogen (secondary N) is 1. The van der Waals surface area contributed by atoms with Crippen molar-refractivity contribution in [3.8, 4) is 0 Å². The van der Waals surface area contributed by atoms with Crippen LogP contribution < -0.4 is 5.32 Å². The summed E-state index contributed by atoms with van der Waals surface area (Å²) in [4.78, 5) is 12.3. The van der Waals surface area contributed by atoms with Gasteiger partial charge in [-0.3, -0.25) is 4.79 Å². The lowest BCUT2D eigenvalue weighted by molar-refractivity contribution is -0.128. The molecule has 1 spiro atoms. The van der Waals surface area contributed by atoms with Crippen LogP contribution in [-0.2, 0) is 32.4 Å². The lowest BCUT2D eigenvalue weighted by Gasteiger charge is -2.53. The number of aryl methyl sites for hydroxylation is 2. The van der Waals surface area contributed by atoms with Gasteiger partial charge < -0.3 is 10.1 Å². The largest absolute Gasteiger partial charge is 0.375 e. The Hall–Kier alpha value is -1.44. The van der Waals surface area contributed by atoms with Crippen LogP contribution in [0.4, 0.5) is 0 Å². The van der Waals surface area contributed by atoms with Crippen LogP contribution in [0.3, 0.4) is 0 Å². The van der Waals surface area contributed by atoms with Gasteiger partial charge in [0, 0.05) is 26.2 Å². The topological polar surface area (TPSA) is 75.7 Å². The lowest BCUT2D eigenvalue weighted by atomic mass is 9.59. The highest BCUT2D eigenvalue weighted by Gasteiger charge is 2.50. The number of hydrogen-bond acceptors (Lipinski definition) is 4. The van der Waals surface area contributed by atoms with Crippen LogP contribution in [-0.4, -0.2) is 51.5 Å². The summed E-state index contributed by atoms with van der Waals surface area (Å²) in [6.07, 6.45) is 6.76. The zero-order chi connectivity index (χ0) is 19.1. The van der Waals surface area contributed by atoms with E-state index in [2.05, 4.69) is 5.32 Å². The van der Waals surface area contributed by atoms with Gasteiger partial charge in [-0.05, 0) is 73.6 Å². The van der Waals surface area contributed by atoms with Crippen LogP contribution in [0.25, 0.3) is 0 Å². The second-order valence-electron chi connectivity index (χ2n) is 8.14. The van der Waals surface area contributed by atoms with Gasteiger partial charge in [-0.25, -0.2) is 8.42 Å². The fourth-order valence-corrected chi connectivity index (χ4v) is 6.41. The van der Waals surface area contributed by atoms with E-state index in [0.717, 1.165) is 44.9 Å². The lowest BCUT2D eigenvalue weighted by Crippen LogP contribution is -2.60. The first-order valence-electron chi connectivity index (χ1n) is 9.85. The maximum Gasteiger partial charge on any atom is 0.246 e. The smallest absolute Gasteiger partial charge is 0.246 e. The number of carbonyl (C=O) groups is 1. The number of methoxy groups -OCH3 is 1. The van der Waals surface area contributed by atoms with E-state index in [4.69, 9.17) is 4.74 Å². The van der Waals surface area contributed by atoms with E-state index in [1.54, 1.807) is 10.4 Å². The highest BCUT2D eigenvalue weighted by atomic mass is 32.2. The molecule has 27 heavy (non-hydrogen) atoms. The van der Waals surface area contributed by atoms with Crippen molar-refractivity contribution < 1.29 is 17.9 Å². The number of fused-ring (bicyclic) bond motifs is 1. The summed E-state index contributed by atoms with van der Waals surface area (Å²) in [7, 11) is -1.93. The van der Waals surface area contributed by atoms with Gasteiger partial charge in [0.1, 0.15) is 6.61 Å². The Labute approximate surface area is 161 Å². The van der Waals surface area contributed by atoms with Crippen molar-refractivity contribution in [3.05, 3.63) is 29.3 Å². The maximum absolute atomic E-state index is 13.1. The first kappa shape index (κ1) is 18.9. The molecule has 4 rings (SSSR count). The highest BCUT2D eigenvalue weighted by molar-refractivity contribution is 7.89. The molecule has 1 aromatic carbocycles. The van der Waals surface area contributed by atoms with Gasteiger partial charge in [-0.2, -0.15) is 4.31 Å². The molecule has 2 aliphatic carbocycles. The van der Waals surface area contributed by atoms with Crippen LogP contribution in [0.5, 0.6) is 0 Å². The predicted molar refractivity (Wildman–Crippen MR) is 102 cm³/mol. The van der Waals surface area contributed by atoms with Crippen molar-refractivity contribution in [1.29, 1.82) is 0 Å². The molecule has 2 fully saturated rings. The average molecular weight is 393 g/mol. The molecule has 148 valence electrons. The van der Waals surface area contributed by atoms with E-state index in [0.29, 0.717) is 18.0 Å².